The average molecular weight is 245 g/mol. The molecule has 0 aliphatic rings. The zero-order valence-corrected chi connectivity index (χ0v) is 9.92. The number of carbonyl (C=O) groups is 1. The molecule has 0 saturated carbocycles. The predicted molar refractivity (Wildman–Crippen MR) is 59.5 cm³/mol. The van der Waals surface area contributed by atoms with E-state index in [1.54, 1.807) is 0 Å². The van der Waals surface area contributed by atoms with E-state index in [2.05, 4.69) is 0 Å². The minimum absolute atomic E-state index is 0.000864. The van der Waals surface area contributed by atoms with Gasteiger partial charge in [0.15, 0.2) is 5.76 Å². The fourth-order valence-corrected chi connectivity index (χ4v) is 2.26. The summed E-state index contributed by atoms with van der Waals surface area (Å²) in [6, 6.07) is 2.94. The van der Waals surface area contributed by atoms with Crippen LogP contribution in [0.25, 0.3) is 0 Å². The summed E-state index contributed by atoms with van der Waals surface area (Å²) in [4.78, 5) is 11.4. The van der Waals surface area contributed by atoms with Gasteiger partial charge in [-0.15, -0.1) is 0 Å². The van der Waals surface area contributed by atoms with Crippen molar-refractivity contribution in [3.05, 3.63) is 24.2 Å². The van der Waals surface area contributed by atoms with Crippen LogP contribution in [0.4, 0.5) is 0 Å². The van der Waals surface area contributed by atoms with Crippen LogP contribution in [-0.4, -0.2) is 20.1 Å². The summed E-state index contributed by atoms with van der Waals surface area (Å²) in [5.74, 6) is -0.756. The lowest BCUT2D eigenvalue weighted by atomic mass is 10.3. The minimum Gasteiger partial charge on any atom is -0.459 e. The van der Waals surface area contributed by atoms with Gasteiger partial charge in [-0.05, 0) is 18.6 Å². The molecule has 0 saturated heterocycles. The summed E-state index contributed by atoms with van der Waals surface area (Å²) in [6.07, 6.45) is 3.63. The highest BCUT2D eigenvalue weighted by atomic mass is 32.2. The molecule has 1 heterocycles. The standard InChI is InChI=1S/C10H15NO4S/c1-2-3-4-8-16(13,14)11-10(12)9-6-5-7-15-9/h5-7H,2-4,8H2,1H3,(H,11,12). The molecule has 0 atom stereocenters. The van der Waals surface area contributed by atoms with E-state index < -0.39 is 15.9 Å². The van der Waals surface area contributed by atoms with E-state index in [0.29, 0.717) is 6.42 Å². The van der Waals surface area contributed by atoms with Crippen LogP contribution in [0.3, 0.4) is 0 Å². The lowest BCUT2D eigenvalue weighted by Crippen LogP contribution is -2.32. The molecule has 1 N–H and O–H groups in total. The van der Waals surface area contributed by atoms with Crippen LogP contribution in [0, 0.1) is 0 Å². The average Bonchev–Trinajstić information content (AvgIpc) is 2.69. The van der Waals surface area contributed by atoms with E-state index in [9.17, 15) is 13.2 Å². The number of hydrogen-bond donors (Lipinski definition) is 1. The molecule has 1 aromatic rings. The first-order valence-electron chi connectivity index (χ1n) is 5.13. The molecule has 0 radical (unpaired) electrons. The van der Waals surface area contributed by atoms with Crippen molar-refractivity contribution in [1.82, 2.24) is 4.72 Å². The van der Waals surface area contributed by atoms with Gasteiger partial charge in [0.25, 0.3) is 5.91 Å². The fraction of sp³-hybridized carbons (Fsp3) is 0.500. The first kappa shape index (κ1) is 12.8. The van der Waals surface area contributed by atoms with Gasteiger partial charge in [-0.25, -0.2) is 13.1 Å². The highest BCUT2D eigenvalue weighted by Crippen LogP contribution is 2.02. The molecule has 0 unspecified atom stereocenters. The molecule has 1 rings (SSSR count). The van der Waals surface area contributed by atoms with Gasteiger partial charge in [-0.1, -0.05) is 19.8 Å². The van der Waals surface area contributed by atoms with Gasteiger partial charge in [0.05, 0.1) is 12.0 Å². The topological polar surface area (TPSA) is 76.4 Å². The number of carbonyl (C=O) groups excluding carboxylic acids is 1. The van der Waals surface area contributed by atoms with Crippen molar-refractivity contribution in [3.8, 4) is 0 Å². The van der Waals surface area contributed by atoms with Crippen LogP contribution in [0.5, 0.6) is 0 Å². The first-order chi connectivity index (χ1) is 7.55. The van der Waals surface area contributed by atoms with Gasteiger partial charge in [-0.2, -0.15) is 0 Å². The zero-order chi connectivity index (χ0) is 12.0. The van der Waals surface area contributed by atoms with Crippen LogP contribution in [0.2, 0.25) is 0 Å². The number of hydrogen-bond acceptors (Lipinski definition) is 4. The quantitative estimate of drug-likeness (QED) is 0.771. The molecule has 16 heavy (non-hydrogen) atoms. The largest absolute Gasteiger partial charge is 0.459 e. The Hall–Kier alpha value is -1.30. The maximum absolute atomic E-state index is 11.4. The van der Waals surface area contributed by atoms with E-state index in [-0.39, 0.29) is 11.5 Å². The molecule has 1 amide bonds. The van der Waals surface area contributed by atoms with Crippen molar-refractivity contribution in [2.75, 3.05) is 5.75 Å². The number of amides is 1. The Bertz CT molecular complexity index is 422. The zero-order valence-electron chi connectivity index (χ0n) is 9.10. The lowest BCUT2D eigenvalue weighted by molar-refractivity contribution is 0.0954. The Labute approximate surface area is 94.9 Å². The van der Waals surface area contributed by atoms with Crippen molar-refractivity contribution in [2.24, 2.45) is 0 Å². The SMILES string of the molecule is CCCCCS(=O)(=O)NC(=O)c1ccco1. The van der Waals surface area contributed by atoms with Crippen LogP contribution in [0.1, 0.15) is 36.7 Å². The Morgan fingerprint density at radius 1 is 1.44 bits per heavy atom. The van der Waals surface area contributed by atoms with Gasteiger partial charge in [0.1, 0.15) is 0 Å². The molecule has 0 spiro atoms. The number of furan rings is 1. The van der Waals surface area contributed by atoms with Crippen molar-refractivity contribution in [2.45, 2.75) is 26.2 Å². The van der Waals surface area contributed by atoms with Crippen molar-refractivity contribution in [3.63, 3.8) is 0 Å². The van der Waals surface area contributed by atoms with E-state index in [0.717, 1.165) is 12.8 Å². The Morgan fingerprint density at radius 3 is 2.75 bits per heavy atom. The van der Waals surface area contributed by atoms with E-state index in [1.807, 2.05) is 11.6 Å². The first-order valence-corrected chi connectivity index (χ1v) is 6.78. The predicted octanol–water partition coefficient (Wildman–Crippen LogP) is 1.53. The Balaban J connectivity index is 2.50. The van der Waals surface area contributed by atoms with Crippen molar-refractivity contribution in [1.29, 1.82) is 0 Å². The molecule has 90 valence electrons. The van der Waals surface area contributed by atoms with E-state index in [4.69, 9.17) is 4.42 Å². The fourth-order valence-electron chi connectivity index (χ4n) is 1.19. The number of unbranched alkanes of at least 4 members (excludes halogenated alkanes) is 2. The molecule has 0 bridgehead atoms. The Kier molecular flexibility index (Phi) is 4.54. The molecular weight excluding hydrogens is 230 g/mol. The maximum Gasteiger partial charge on any atom is 0.300 e. The summed E-state index contributed by atoms with van der Waals surface area (Å²) >= 11 is 0. The third kappa shape index (κ3) is 4.06. The van der Waals surface area contributed by atoms with Gasteiger partial charge in [0.2, 0.25) is 10.0 Å². The molecule has 0 aliphatic heterocycles. The molecule has 0 fully saturated rings. The van der Waals surface area contributed by atoms with Crippen molar-refractivity contribution < 1.29 is 17.6 Å². The highest BCUT2D eigenvalue weighted by Gasteiger charge is 2.17. The van der Waals surface area contributed by atoms with Crippen LogP contribution in [0.15, 0.2) is 22.8 Å². The van der Waals surface area contributed by atoms with Crippen LogP contribution < -0.4 is 4.72 Å². The monoisotopic (exact) mass is 245 g/mol. The second-order valence-corrected chi connectivity index (χ2v) is 5.28. The van der Waals surface area contributed by atoms with Crippen LogP contribution in [-0.2, 0) is 10.0 Å². The number of sulfonamides is 1. The second-order valence-electron chi connectivity index (χ2n) is 3.43. The highest BCUT2D eigenvalue weighted by molar-refractivity contribution is 7.90. The smallest absolute Gasteiger partial charge is 0.300 e. The lowest BCUT2D eigenvalue weighted by Gasteiger charge is -2.04. The number of nitrogens with one attached hydrogen (secondary N) is 1. The van der Waals surface area contributed by atoms with Crippen molar-refractivity contribution >= 4 is 15.9 Å². The summed E-state index contributed by atoms with van der Waals surface area (Å²) in [5, 5.41) is 0. The molecule has 0 aromatic carbocycles. The third-order valence-electron chi connectivity index (χ3n) is 2.01. The normalized spacial score (nSPS) is 11.3. The minimum atomic E-state index is -3.54. The van der Waals surface area contributed by atoms with Gasteiger partial charge in [0, 0.05) is 0 Å². The molecule has 6 heteroatoms. The second kappa shape index (κ2) is 5.69. The molecule has 1 aromatic heterocycles. The van der Waals surface area contributed by atoms with Crippen LogP contribution >= 0.6 is 0 Å². The third-order valence-corrected chi connectivity index (χ3v) is 3.33. The van der Waals surface area contributed by atoms with E-state index in [1.165, 1.54) is 18.4 Å². The number of rotatable bonds is 6. The molecule has 0 aliphatic carbocycles. The Morgan fingerprint density at radius 2 is 2.19 bits per heavy atom. The van der Waals surface area contributed by atoms with E-state index >= 15 is 0 Å². The van der Waals surface area contributed by atoms with Gasteiger partial charge >= 0.3 is 0 Å². The molecular formula is C10H15NO4S. The maximum atomic E-state index is 11.4. The summed E-state index contributed by atoms with van der Waals surface area (Å²) < 4.78 is 29.6. The molecule has 5 nitrogen and oxygen atoms in total. The van der Waals surface area contributed by atoms with Gasteiger partial charge in [-0.3, -0.25) is 4.79 Å². The summed E-state index contributed by atoms with van der Waals surface area (Å²) in [7, 11) is -3.54. The summed E-state index contributed by atoms with van der Waals surface area (Å²) in [5.41, 5.74) is 0. The van der Waals surface area contributed by atoms with Gasteiger partial charge < -0.3 is 4.42 Å². The summed E-state index contributed by atoms with van der Waals surface area (Å²) in [6.45, 7) is 1.98.